The van der Waals surface area contributed by atoms with Gasteiger partial charge in [0.15, 0.2) is 11.6 Å². The van der Waals surface area contributed by atoms with Crippen LogP contribution in [0.4, 0.5) is 31.5 Å². The van der Waals surface area contributed by atoms with E-state index in [9.17, 15) is 23.7 Å². The van der Waals surface area contributed by atoms with Crippen molar-refractivity contribution in [2.24, 2.45) is 0 Å². The number of fused-ring (bicyclic) bond motifs is 1. The minimum absolute atomic E-state index is 0.0650. The molecule has 0 saturated carbocycles. The number of halogens is 2. The lowest BCUT2D eigenvalue weighted by Crippen LogP contribution is -2.20. The molecule has 2 aromatic rings. The van der Waals surface area contributed by atoms with Gasteiger partial charge in [-0.25, -0.2) is 8.78 Å². The number of non-ortho nitro benzene ring substituents is 1. The van der Waals surface area contributed by atoms with Crippen molar-refractivity contribution in [2.45, 2.75) is 6.42 Å². The third kappa shape index (κ3) is 2.59. The Balaban J connectivity index is 1.93. The first-order valence-electron chi connectivity index (χ1n) is 6.67. The van der Waals surface area contributed by atoms with Crippen LogP contribution in [0.1, 0.15) is 5.56 Å². The van der Waals surface area contributed by atoms with Crippen LogP contribution in [0.2, 0.25) is 0 Å². The SMILES string of the molecule is CN1C(=O)Cc2cc(Nc3c(F)cc([N+](=O)[O-])cc3F)ccc21. The van der Waals surface area contributed by atoms with E-state index >= 15 is 0 Å². The zero-order valence-corrected chi connectivity index (χ0v) is 12.0. The van der Waals surface area contributed by atoms with Crippen molar-refractivity contribution in [3.8, 4) is 0 Å². The van der Waals surface area contributed by atoms with Crippen molar-refractivity contribution < 1.29 is 18.5 Å². The highest BCUT2D eigenvalue weighted by Gasteiger charge is 2.24. The van der Waals surface area contributed by atoms with Gasteiger partial charge >= 0.3 is 0 Å². The molecule has 0 saturated heterocycles. The van der Waals surface area contributed by atoms with Crippen molar-refractivity contribution in [3.63, 3.8) is 0 Å². The molecule has 6 nitrogen and oxygen atoms in total. The van der Waals surface area contributed by atoms with Gasteiger partial charge in [-0.1, -0.05) is 0 Å². The molecule has 1 N–H and O–H groups in total. The summed E-state index contributed by atoms with van der Waals surface area (Å²) in [6.45, 7) is 0. The van der Waals surface area contributed by atoms with Gasteiger partial charge in [-0.15, -0.1) is 0 Å². The highest BCUT2D eigenvalue weighted by molar-refractivity contribution is 6.01. The number of rotatable bonds is 3. The number of anilines is 3. The number of carbonyl (C=O) groups excluding carboxylic acids is 1. The van der Waals surface area contributed by atoms with E-state index in [1.165, 1.54) is 4.90 Å². The summed E-state index contributed by atoms with van der Waals surface area (Å²) >= 11 is 0. The van der Waals surface area contributed by atoms with Crippen LogP contribution in [0.25, 0.3) is 0 Å². The second-order valence-electron chi connectivity index (χ2n) is 5.14. The first kappa shape index (κ1) is 14.9. The van der Waals surface area contributed by atoms with E-state index in [2.05, 4.69) is 5.32 Å². The van der Waals surface area contributed by atoms with Crippen molar-refractivity contribution in [1.82, 2.24) is 0 Å². The molecule has 1 aliphatic rings. The standard InChI is InChI=1S/C15H11F2N3O3/c1-19-13-3-2-9(4-8(13)5-14(19)21)18-15-11(16)6-10(20(22)23)7-12(15)17/h2-4,6-7,18H,5H2,1H3. The average molecular weight is 319 g/mol. The third-order valence-electron chi connectivity index (χ3n) is 3.66. The minimum atomic E-state index is -1.06. The van der Waals surface area contributed by atoms with Crippen molar-refractivity contribution in [3.05, 3.63) is 57.6 Å². The maximum atomic E-state index is 13.9. The van der Waals surface area contributed by atoms with Crippen molar-refractivity contribution in [2.75, 3.05) is 17.3 Å². The quantitative estimate of drug-likeness (QED) is 0.696. The van der Waals surface area contributed by atoms with E-state index < -0.39 is 27.9 Å². The summed E-state index contributed by atoms with van der Waals surface area (Å²) in [6, 6.07) is 6.17. The van der Waals surface area contributed by atoms with Crippen LogP contribution in [0.5, 0.6) is 0 Å². The Labute approximate surface area is 129 Å². The normalized spacial score (nSPS) is 13.2. The summed E-state index contributed by atoms with van der Waals surface area (Å²) in [7, 11) is 1.65. The molecule has 23 heavy (non-hydrogen) atoms. The van der Waals surface area contributed by atoms with E-state index in [4.69, 9.17) is 0 Å². The Kier molecular flexibility index (Phi) is 3.44. The monoisotopic (exact) mass is 319 g/mol. The van der Waals surface area contributed by atoms with Gasteiger partial charge in [-0.05, 0) is 23.8 Å². The van der Waals surface area contributed by atoms with Gasteiger partial charge in [0.25, 0.3) is 5.69 Å². The van der Waals surface area contributed by atoms with Crippen LogP contribution in [-0.2, 0) is 11.2 Å². The highest BCUT2D eigenvalue weighted by atomic mass is 19.1. The smallest absolute Gasteiger partial charge is 0.275 e. The molecular formula is C15H11F2N3O3. The van der Waals surface area contributed by atoms with Gasteiger partial charge in [-0.2, -0.15) is 0 Å². The number of nitrogens with zero attached hydrogens (tertiary/aromatic N) is 2. The number of nitro groups is 1. The summed E-state index contributed by atoms with van der Waals surface area (Å²) in [5.41, 5.74) is 0.730. The lowest BCUT2D eigenvalue weighted by molar-refractivity contribution is -0.385. The number of amides is 1. The fourth-order valence-corrected chi connectivity index (χ4v) is 2.48. The number of nitrogens with one attached hydrogen (secondary N) is 1. The zero-order valence-electron chi connectivity index (χ0n) is 12.0. The van der Waals surface area contributed by atoms with Gasteiger partial charge in [-0.3, -0.25) is 14.9 Å². The summed E-state index contributed by atoms with van der Waals surface area (Å²) in [4.78, 5) is 22.8. The van der Waals surface area contributed by atoms with Crippen molar-refractivity contribution in [1.29, 1.82) is 0 Å². The molecule has 2 aromatic carbocycles. The predicted molar refractivity (Wildman–Crippen MR) is 79.9 cm³/mol. The van der Waals surface area contributed by atoms with Crippen LogP contribution < -0.4 is 10.2 Å². The van der Waals surface area contributed by atoms with E-state index in [0.717, 1.165) is 11.3 Å². The molecule has 0 fully saturated rings. The van der Waals surface area contributed by atoms with E-state index in [1.54, 1.807) is 25.2 Å². The molecule has 1 heterocycles. The summed E-state index contributed by atoms with van der Waals surface area (Å²) < 4.78 is 27.8. The second kappa shape index (κ2) is 5.31. The van der Waals surface area contributed by atoms with Crippen molar-refractivity contribution >= 4 is 28.7 Å². The Morgan fingerprint density at radius 2 is 1.87 bits per heavy atom. The van der Waals surface area contributed by atoms with Crippen LogP contribution >= 0.6 is 0 Å². The summed E-state index contributed by atoms with van der Waals surface area (Å²) in [5, 5.41) is 13.1. The molecule has 0 aliphatic carbocycles. The lowest BCUT2D eigenvalue weighted by Gasteiger charge is -2.12. The molecule has 0 atom stereocenters. The number of carbonyl (C=O) groups is 1. The van der Waals surface area contributed by atoms with E-state index in [-0.39, 0.29) is 12.3 Å². The second-order valence-corrected chi connectivity index (χ2v) is 5.14. The Morgan fingerprint density at radius 1 is 1.22 bits per heavy atom. The van der Waals surface area contributed by atoms with Crippen LogP contribution in [0.15, 0.2) is 30.3 Å². The summed E-state index contributed by atoms with van der Waals surface area (Å²) in [5.74, 6) is -2.19. The number of likely N-dealkylation sites (N-methyl/N-ethyl adjacent to an activating group) is 1. The van der Waals surface area contributed by atoms with Crippen LogP contribution in [0, 0.1) is 21.7 Å². The Bertz CT molecular complexity index is 816. The van der Waals surface area contributed by atoms with Gasteiger partial charge in [0, 0.05) is 18.4 Å². The molecule has 0 bridgehead atoms. The fraction of sp³-hybridized carbons (Fsp3) is 0.133. The number of hydrogen-bond donors (Lipinski definition) is 1. The zero-order chi connectivity index (χ0) is 16.7. The van der Waals surface area contributed by atoms with Crippen LogP contribution in [-0.4, -0.2) is 17.9 Å². The molecule has 1 amide bonds. The molecule has 3 rings (SSSR count). The summed E-state index contributed by atoms with van der Waals surface area (Å²) in [6.07, 6.45) is 0.215. The molecule has 0 unspecified atom stereocenters. The Morgan fingerprint density at radius 3 is 2.48 bits per heavy atom. The van der Waals surface area contributed by atoms with Crippen LogP contribution in [0.3, 0.4) is 0 Å². The minimum Gasteiger partial charge on any atom is -0.351 e. The number of hydrogen-bond acceptors (Lipinski definition) is 4. The van der Waals surface area contributed by atoms with E-state index in [1.807, 2.05) is 0 Å². The van der Waals surface area contributed by atoms with Gasteiger partial charge < -0.3 is 10.2 Å². The van der Waals surface area contributed by atoms with E-state index in [0.29, 0.717) is 17.8 Å². The topological polar surface area (TPSA) is 75.5 Å². The molecule has 1 aliphatic heterocycles. The largest absolute Gasteiger partial charge is 0.351 e. The predicted octanol–water partition coefficient (Wildman–Crippen LogP) is 3.14. The third-order valence-corrected chi connectivity index (χ3v) is 3.66. The maximum Gasteiger partial charge on any atom is 0.275 e. The molecule has 118 valence electrons. The first-order valence-corrected chi connectivity index (χ1v) is 6.67. The molecule has 8 heteroatoms. The lowest BCUT2D eigenvalue weighted by atomic mass is 10.1. The van der Waals surface area contributed by atoms with Gasteiger partial charge in [0.2, 0.25) is 5.91 Å². The first-order chi connectivity index (χ1) is 10.9. The average Bonchev–Trinajstić information content (AvgIpc) is 2.77. The number of nitro benzene ring substituents is 1. The highest BCUT2D eigenvalue weighted by Crippen LogP contribution is 2.33. The fourth-order valence-electron chi connectivity index (χ4n) is 2.48. The van der Waals surface area contributed by atoms with Gasteiger partial charge in [0.05, 0.1) is 23.5 Å². The Hall–Kier alpha value is -3.03. The molecular weight excluding hydrogens is 308 g/mol. The maximum absolute atomic E-state index is 13.9. The van der Waals surface area contributed by atoms with Gasteiger partial charge in [0.1, 0.15) is 5.69 Å². The molecule has 0 aromatic heterocycles. The number of benzene rings is 2. The molecule has 0 spiro atoms. The molecule has 0 radical (unpaired) electrons.